The summed E-state index contributed by atoms with van der Waals surface area (Å²) < 4.78 is 6.55. The first-order valence-electron chi connectivity index (χ1n) is 9.26. The van der Waals surface area contributed by atoms with Gasteiger partial charge in [-0.05, 0) is 43.5 Å². The highest BCUT2D eigenvalue weighted by atomic mass is 32.2. The highest BCUT2D eigenvalue weighted by Crippen LogP contribution is 2.29. The topological polar surface area (TPSA) is 61.2 Å². The molecule has 0 radical (unpaired) electrons. The number of methoxy groups -OCH3 is 1. The molecule has 0 atom stereocenters. The number of esters is 1. The number of thioether (sulfide) groups is 1. The Bertz CT molecular complexity index is 1050. The lowest BCUT2D eigenvalue weighted by Crippen LogP contribution is -2.23. The molecule has 3 aromatic rings. The number of unbranched alkanes of at least 4 members (excludes halogenated alkanes) is 1. The fraction of sp³-hybridized carbons (Fsp3) is 0.381. The maximum atomic E-state index is 13.1. The number of ether oxygens (including phenoxy) is 1. The summed E-state index contributed by atoms with van der Waals surface area (Å²) in [6.07, 6.45) is 1.96. The standard InChI is InChI=1S/C21H24N2O3S2/c1-5-6-11-23-19(24)17-13(2)14(3)28-18(17)22-21(23)27-12-15-7-9-16(10-8-15)20(25)26-4/h7-10H,5-6,11-12H2,1-4H3. The normalized spacial score (nSPS) is 11.1. The van der Waals surface area contributed by atoms with Crippen molar-refractivity contribution in [2.45, 2.75) is 51.1 Å². The molecule has 0 bridgehead atoms. The van der Waals surface area contributed by atoms with Gasteiger partial charge in [-0.15, -0.1) is 11.3 Å². The molecule has 0 saturated heterocycles. The predicted octanol–water partition coefficient (Wildman–Crippen LogP) is 4.95. The minimum atomic E-state index is -0.344. The SMILES string of the molecule is CCCCn1c(SCc2ccc(C(=O)OC)cc2)nc2sc(C)c(C)c2c1=O. The first-order chi connectivity index (χ1) is 13.5. The second kappa shape index (κ2) is 8.92. The number of hydrogen-bond donors (Lipinski definition) is 0. The Morgan fingerprint density at radius 2 is 1.96 bits per heavy atom. The van der Waals surface area contributed by atoms with E-state index in [1.807, 2.05) is 30.5 Å². The van der Waals surface area contributed by atoms with Gasteiger partial charge in [-0.1, -0.05) is 37.2 Å². The summed E-state index contributed by atoms with van der Waals surface area (Å²) in [5.74, 6) is 0.331. The summed E-state index contributed by atoms with van der Waals surface area (Å²) in [7, 11) is 1.37. The zero-order valence-corrected chi connectivity index (χ0v) is 18.2. The van der Waals surface area contributed by atoms with E-state index in [1.165, 1.54) is 7.11 Å². The molecule has 0 N–H and O–H groups in total. The van der Waals surface area contributed by atoms with Gasteiger partial charge < -0.3 is 4.74 Å². The van der Waals surface area contributed by atoms with Gasteiger partial charge in [0.15, 0.2) is 5.16 Å². The summed E-state index contributed by atoms with van der Waals surface area (Å²) in [5, 5.41) is 1.51. The highest BCUT2D eigenvalue weighted by molar-refractivity contribution is 7.98. The molecule has 3 rings (SSSR count). The number of benzene rings is 1. The van der Waals surface area contributed by atoms with Crippen LogP contribution in [0.25, 0.3) is 10.2 Å². The molecule has 1 aromatic carbocycles. The van der Waals surface area contributed by atoms with Gasteiger partial charge in [0, 0.05) is 17.2 Å². The zero-order chi connectivity index (χ0) is 20.3. The molecule has 2 aromatic heterocycles. The quantitative estimate of drug-likeness (QED) is 0.310. The van der Waals surface area contributed by atoms with Crippen LogP contribution in [0.1, 0.15) is 46.1 Å². The molecular weight excluding hydrogens is 392 g/mol. The van der Waals surface area contributed by atoms with Crippen molar-refractivity contribution in [1.82, 2.24) is 9.55 Å². The Balaban J connectivity index is 1.91. The van der Waals surface area contributed by atoms with Gasteiger partial charge in [0.1, 0.15) is 4.83 Å². The van der Waals surface area contributed by atoms with Gasteiger partial charge in [0.05, 0.1) is 18.1 Å². The van der Waals surface area contributed by atoms with Crippen LogP contribution in [0.2, 0.25) is 0 Å². The smallest absolute Gasteiger partial charge is 0.337 e. The van der Waals surface area contributed by atoms with E-state index in [4.69, 9.17) is 9.72 Å². The molecule has 0 aliphatic rings. The number of aryl methyl sites for hydroxylation is 2. The summed E-state index contributed by atoms with van der Waals surface area (Å²) in [6, 6.07) is 7.33. The van der Waals surface area contributed by atoms with Crippen LogP contribution < -0.4 is 5.56 Å². The van der Waals surface area contributed by atoms with Crippen molar-refractivity contribution in [3.63, 3.8) is 0 Å². The monoisotopic (exact) mass is 416 g/mol. The van der Waals surface area contributed by atoms with E-state index >= 15 is 0 Å². The lowest BCUT2D eigenvalue weighted by atomic mass is 10.1. The van der Waals surface area contributed by atoms with E-state index in [-0.39, 0.29) is 11.5 Å². The van der Waals surface area contributed by atoms with Crippen molar-refractivity contribution in [2.75, 3.05) is 7.11 Å². The van der Waals surface area contributed by atoms with Crippen LogP contribution in [0.4, 0.5) is 0 Å². The van der Waals surface area contributed by atoms with Gasteiger partial charge in [0.2, 0.25) is 0 Å². The first-order valence-corrected chi connectivity index (χ1v) is 11.1. The summed E-state index contributed by atoms with van der Waals surface area (Å²) >= 11 is 3.14. The number of rotatable bonds is 7. The lowest BCUT2D eigenvalue weighted by Gasteiger charge is -2.12. The number of fused-ring (bicyclic) bond motifs is 1. The number of hydrogen-bond acceptors (Lipinski definition) is 6. The van der Waals surface area contributed by atoms with E-state index in [0.29, 0.717) is 17.9 Å². The van der Waals surface area contributed by atoms with Crippen molar-refractivity contribution >= 4 is 39.3 Å². The lowest BCUT2D eigenvalue weighted by molar-refractivity contribution is 0.0600. The average molecular weight is 417 g/mol. The van der Waals surface area contributed by atoms with Gasteiger partial charge in [-0.2, -0.15) is 0 Å². The predicted molar refractivity (Wildman–Crippen MR) is 116 cm³/mol. The average Bonchev–Trinajstić information content (AvgIpc) is 2.99. The molecule has 7 heteroatoms. The van der Waals surface area contributed by atoms with Crippen LogP contribution in [0.3, 0.4) is 0 Å². The van der Waals surface area contributed by atoms with Crippen LogP contribution in [-0.4, -0.2) is 22.6 Å². The molecule has 0 aliphatic heterocycles. The van der Waals surface area contributed by atoms with Crippen LogP contribution in [0.15, 0.2) is 34.2 Å². The van der Waals surface area contributed by atoms with Gasteiger partial charge >= 0.3 is 5.97 Å². The Labute approximate surface area is 172 Å². The van der Waals surface area contributed by atoms with Crippen LogP contribution in [0, 0.1) is 13.8 Å². The highest BCUT2D eigenvalue weighted by Gasteiger charge is 2.16. The third-order valence-electron chi connectivity index (χ3n) is 4.73. The van der Waals surface area contributed by atoms with Crippen molar-refractivity contribution < 1.29 is 9.53 Å². The fourth-order valence-electron chi connectivity index (χ4n) is 2.94. The van der Waals surface area contributed by atoms with Crippen LogP contribution in [-0.2, 0) is 17.0 Å². The molecule has 5 nitrogen and oxygen atoms in total. The minimum Gasteiger partial charge on any atom is -0.465 e. The molecule has 148 valence electrons. The molecule has 0 spiro atoms. The Morgan fingerprint density at radius 3 is 2.61 bits per heavy atom. The number of carbonyl (C=O) groups excluding carboxylic acids is 1. The molecule has 0 saturated carbocycles. The first kappa shape index (κ1) is 20.6. The van der Waals surface area contributed by atoms with E-state index in [2.05, 4.69) is 6.92 Å². The third-order valence-corrected chi connectivity index (χ3v) is 6.88. The van der Waals surface area contributed by atoms with Gasteiger partial charge in [-0.3, -0.25) is 9.36 Å². The number of nitrogens with zero attached hydrogens (tertiary/aromatic N) is 2. The molecule has 0 amide bonds. The molecule has 0 fully saturated rings. The van der Waals surface area contributed by atoms with E-state index in [1.54, 1.807) is 35.2 Å². The fourth-order valence-corrected chi connectivity index (χ4v) is 4.99. The molecule has 2 heterocycles. The van der Waals surface area contributed by atoms with Gasteiger partial charge in [0.25, 0.3) is 5.56 Å². The summed E-state index contributed by atoms with van der Waals surface area (Å²) in [4.78, 5) is 31.5. The second-order valence-corrected chi connectivity index (χ2v) is 8.79. The number of aromatic nitrogens is 2. The second-order valence-electron chi connectivity index (χ2n) is 6.65. The van der Waals surface area contributed by atoms with E-state index in [9.17, 15) is 9.59 Å². The molecule has 0 unspecified atom stereocenters. The van der Waals surface area contributed by atoms with Gasteiger partial charge in [-0.25, -0.2) is 9.78 Å². The van der Waals surface area contributed by atoms with Crippen molar-refractivity contribution in [3.05, 3.63) is 56.2 Å². The maximum absolute atomic E-state index is 13.1. The largest absolute Gasteiger partial charge is 0.465 e. The zero-order valence-electron chi connectivity index (χ0n) is 16.6. The molecular formula is C21H24N2O3S2. The molecule has 28 heavy (non-hydrogen) atoms. The minimum absolute atomic E-state index is 0.0591. The Kier molecular flexibility index (Phi) is 6.57. The third kappa shape index (κ3) is 4.15. The Morgan fingerprint density at radius 1 is 1.25 bits per heavy atom. The number of thiophene rings is 1. The number of carbonyl (C=O) groups is 1. The van der Waals surface area contributed by atoms with Crippen LogP contribution in [0.5, 0.6) is 0 Å². The Hall–Kier alpha value is -2.12. The van der Waals surface area contributed by atoms with Crippen molar-refractivity contribution in [2.24, 2.45) is 0 Å². The molecule has 0 aliphatic carbocycles. The van der Waals surface area contributed by atoms with Crippen molar-refractivity contribution in [3.8, 4) is 0 Å². The van der Waals surface area contributed by atoms with E-state index in [0.717, 1.165) is 44.2 Å². The maximum Gasteiger partial charge on any atom is 0.337 e. The summed E-state index contributed by atoms with van der Waals surface area (Å²) in [5.41, 5.74) is 2.69. The van der Waals surface area contributed by atoms with Crippen LogP contribution >= 0.6 is 23.1 Å². The van der Waals surface area contributed by atoms with Crippen molar-refractivity contribution in [1.29, 1.82) is 0 Å². The summed E-state index contributed by atoms with van der Waals surface area (Å²) in [6.45, 7) is 6.83. The van der Waals surface area contributed by atoms with E-state index < -0.39 is 0 Å².